The summed E-state index contributed by atoms with van der Waals surface area (Å²) in [6.07, 6.45) is -18.3. The molecule has 5 aliphatic carbocycles. The molecular weight excluding hydrogens is 897 g/mol. The first-order valence-corrected chi connectivity index (χ1v) is 24.6. The molecule has 12 N–H and O–H groups in total. The van der Waals surface area contributed by atoms with Crippen LogP contribution in [-0.2, 0) is 38.0 Å². The van der Waals surface area contributed by atoms with E-state index in [4.69, 9.17) is 33.2 Å². The van der Waals surface area contributed by atoms with Crippen molar-refractivity contribution in [1.82, 2.24) is 0 Å². The van der Waals surface area contributed by atoms with E-state index in [2.05, 4.69) is 40.7 Å². The second-order valence-electron chi connectivity index (χ2n) is 23.5. The Hall–Kier alpha value is -1.51. The number of hydrogen-bond acceptors (Lipinski definition) is 20. The second-order valence-corrected chi connectivity index (χ2v) is 23.5. The number of aliphatic hydroxyl groups is 12. The third-order valence-electron chi connectivity index (χ3n) is 20.0. The van der Waals surface area contributed by atoms with Gasteiger partial charge in [-0.3, -0.25) is 4.79 Å². The first kappa shape index (κ1) is 51.4. The number of rotatable bonds is 10. The molecule has 0 aromatic rings. The van der Waals surface area contributed by atoms with E-state index in [1.165, 1.54) is 0 Å². The molecule has 68 heavy (non-hydrogen) atoms. The van der Waals surface area contributed by atoms with Crippen molar-refractivity contribution in [2.24, 2.45) is 50.2 Å². The van der Waals surface area contributed by atoms with Gasteiger partial charge in [0.25, 0.3) is 0 Å². The zero-order valence-electron chi connectivity index (χ0n) is 39.8. The van der Waals surface area contributed by atoms with Crippen LogP contribution in [0.5, 0.6) is 0 Å². The van der Waals surface area contributed by atoms with Crippen LogP contribution < -0.4 is 0 Å². The van der Waals surface area contributed by atoms with Crippen LogP contribution in [0.4, 0.5) is 0 Å². The maximum absolute atomic E-state index is 14.5. The van der Waals surface area contributed by atoms with Crippen molar-refractivity contribution in [2.45, 2.75) is 203 Å². The van der Waals surface area contributed by atoms with E-state index in [1.807, 2.05) is 6.92 Å². The number of hydrogen-bond donors (Lipinski definition) is 12. The molecule has 0 aromatic heterocycles. The van der Waals surface area contributed by atoms with Gasteiger partial charge in [0.05, 0.1) is 38.6 Å². The fraction of sp³-hybridized carbons (Fsp3) is 0.938. The topological polar surface area (TPSA) is 324 Å². The number of esters is 1. The lowest BCUT2D eigenvalue weighted by Gasteiger charge is -2.71. The minimum Gasteiger partial charge on any atom is -0.461 e. The van der Waals surface area contributed by atoms with Gasteiger partial charge >= 0.3 is 5.97 Å². The highest BCUT2D eigenvalue weighted by Gasteiger charge is 2.76. The molecule has 26 atom stereocenters. The number of carbonyl (C=O) groups excluding carboxylic acids is 1. The van der Waals surface area contributed by atoms with E-state index >= 15 is 0 Å². The van der Waals surface area contributed by atoms with E-state index in [1.54, 1.807) is 0 Å². The first-order chi connectivity index (χ1) is 31.9. The third-order valence-corrected chi connectivity index (χ3v) is 20.0. The highest BCUT2D eigenvalue weighted by atomic mass is 16.7. The van der Waals surface area contributed by atoms with Crippen molar-refractivity contribution in [2.75, 3.05) is 26.4 Å². The molecule has 9 aliphatic rings. The summed E-state index contributed by atoms with van der Waals surface area (Å²) in [6.45, 7) is 10.9. The van der Waals surface area contributed by atoms with Crippen molar-refractivity contribution < 1.29 is 99.2 Å². The van der Waals surface area contributed by atoms with Gasteiger partial charge in [0, 0.05) is 11.8 Å². The van der Waals surface area contributed by atoms with Crippen LogP contribution in [0.3, 0.4) is 0 Å². The van der Waals surface area contributed by atoms with Crippen LogP contribution in [0.15, 0.2) is 11.6 Å². The van der Waals surface area contributed by atoms with Gasteiger partial charge in [-0.1, -0.05) is 53.2 Å². The Morgan fingerprint density at radius 3 is 1.72 bits per heavy atom. The predicted molar refractivity (Wildman–Crippen MR) is 231 cm³/mol. The molecule has 4 saturated heterocycles. The first-order valence-electron chi connectivity index (χ1n) is 24.6. The van der Waals surface area contributed by atoms with E-state index in [9.17, 15) is 66.1 Å². The van der Waals surface area contributed by atoms with Gasteiger partial charge in [0.1, 0.15) is 84.8 Å². The van der Waals surface area contributed by atoms with Gasteiger partial charge in [0.15, 0.2) is 18.9 Å². The van der Waals surface area contributed by atoms with E-state index < -0.39 is 164 Å². The third kappa shape index (κ3) is 7.32. The minimum atomic E-state index is -1.79. The Morgan fingerprint density at radius 1 is 0.603 bits per heavy atom. The van der Waals surface area contributed by atoms with Gasteiger partial charge < -0.3 is 94.4 Å². The second kappa shape index (κ2) is 17.9. The van der Waals surface area contributed by atoms with Crippen LogP contribution in [0.1, 0.15) is 92.9 Å². The molecule has 0 radical (unpaired) electrons. The monoisotopic (exact) mass is 972 g/mol. The summed E-state index contributed by atoms with van der Waals surface area (Å²) in [5.41, 5.74) is -2.55. The molecule has 1 spiro atoms. The Bertz CT molecular complexity index is 1900. The lowest BCUT2D eigenvalue weighted by Crippen LogP contribution is -2.69. The van der Waals surface area contributed by atoms with Gasteiger partial charge in [-0.15, -0.1) is 0 Å². The quantitative estimate of drug-likeness (QED) is 0.0646. The molecule has 0 amide bonds. The van der Waals surface area contributed by atoms with Gasteiger partial charge in [-0.05, 0) is 84.4 Å². The number of allylic oxidation sites excluding steroid dienone is 2. The summed E-state index contributed by atoms with van der Waals surface area (Å²) in [5.74, 6) is -0.642. The standard InChI is InChI=1S/C48H76O20/c1-43(2)25-9-12-46(5)26(45(25,4)11-10-27(43)65-40-37(60)34(57)38(24(18-51)64-40)68-41-36(59)33(56)31(54)23(17-50)63-41)8-7-20-21-13-44(3,19-52)28-15-48(21,42(61)67-28)29(14-47(20,46)6)66-39-35(58)32(55)30(53)22(16-49)62-39/h7,21-41,49-60H,8-19H2,1-6H3/t21-,22+,23+,24+,25?,26?,27-,28-,29+,30+,31+,32-,33-,34+,35+,36+,37+,38+,39-,40-,41-,44-,45-,46+,47+,48+/m0/s1. The van der Waals surface area contributed by atoms with Crippen molar-refractivity contribution >= 4 is 5.97 Å². The van der Waals surface area contributed by atoms with Crippen LogP contribution in [0, 0.1) is 50.2 Å². The van der Waals surface area contributed by atoms with Crippen molar-refractivity contribution in [1.29, 1.82) is 0 Å². The summed E-state index contributed by atoms with van der Waals surface area (Å²) >= 11 is 0. The average molecular weight is 973 g/mol. The highest BCUT2D eigenvalue weighted by Crippen LogP contribution is 2.77. The largest absolute Gasteiger partial charge is 0.461 e. The Kier molecular flexibility index (Phi) is 13.5. The van der Waals surface area contributed by atoms with Crippen LogP contribution in [-0.4, -0.2) is 204 Å². The zero-order chi connectivity index (χ0) is 49.4. The lowest BCUT2D eigenvalue weighted by molar-refractivity contribution is -0.368. The SMILES string of the molecule is CC1(C)C2CC[C@]3(C)C(CC=C4[C@@H]5C[C@@](C)(CO)[C@@H]6C[C@]5(C(=O)O6)[C@H](O[C@@H]5O[C@H](CO)[C@@H](O)[C@H](O)[C@H]5O)C[C@]43C)[C@@]2(C)CC[C@@H]1O[C@@H]1O[C@H](CO)[C@@H](O[C@@H]2O[C@H](CO)[C@@H](O)[C@H](O)[C@H]2O)[C@H](O)[C@H]1O. The predicted octanol–water partition coefficient (Wildman–Crippen LogP) is -1.90. The molecule has 20 nitrogen and oxygen atoms in total. The molecule has 4 heterocycles. The molecule has 4 saturated carbocycles. The summed E-state index contributed by atoms with van der Waals surface area (Å²) in [7, 11) is 0. The molecule has 0 aromatic carbocycles. The number of fused-ring (bicyclic) bond motifs is 7. The summed E-state index contributed by atoms with van der Waals surface area (Å²) in [5, 5.41) is 128. The van der Waals surface area contributed by atoms with Gasteiger partial charge in [0.2, 0.25) is 0 Å². The minimum absolute atomic E-state index is 0.0842. The Balaban J connectivity index is 0.973. The maximum Gasteiger partial charge on any atom is 0.315 e. The molecule has 8 fully saturated rings. The zero-order valence-corrected chi connectivity index (χ0v) is 39.8. The fourth-order valence-corrected chi connectivity index (χ4v) is 15.7. The van der Waals surface area contributed by atoms with Crippen LogP contribution >= 0.6 is 0 Å². The smallest absolute Gasteiger partial charge is 0.315 e. The molecule has 20 heteroatoms. The molecule has 4 aliphatic heterocycles. The fourth-order valence-electron chi connectivity index (χ4n) is 15.7. The van der Waals surface area contributed by atoms with E-state index in [-0.39, 0.29) is 35.7 Å². The summed E-state index contributed by atoms with van der Waals surface area (Å²) < 4.78 is 42.8. The summed E-state index contributed by atoms with van der Waals surface area (Å²) in [4.78, 5) is 14.5. The lowest BCUT2D eigenvalue weighted by atomic mass is 9.33. The average Bonchev–Trinajstić information content (AvgIpc) is 3.62. The van der Waals surface area contributed by atoms with Crippen LogP contribution in [0.2, 0.25) is 0 Å². The van der Waals surface area contributed by atoms with Gasteiger partial charge in [-0.2, -0.15) is 0 Å². The molecule has 2 bridgehead atoms. The Morgan fingerprint density at radius 2 is 1.15 bits per heavy atom. The molecule has 2 unspecified atom stereocenters. The number of aliphatic hydroxyl groups excluding tert-OH is 12. The normalized spacial score (nSPS) is 56.4. The van der Waals surface area contributed by atoms with Crippen molar-refractivity contribution in [3.05, 3.63) is 11.6 Å². The molecule has 9 rings (SSSR count). The van der Waals surface area contributed by atoms with Gasteiger partial charge in [-0.25, -0.2) is 0 Å². The Labute approximate surface area is 396 Å². The van der Waals surface area contributed by atoms with Crippen molar-refractivity contribution in [3.8, 4) is 0 Å². The van der Waals surface area contributed by atoms with E-state index in [0.717, 1.165) is 31.3 Å². The molecular formula is C48H76O20. The maximum atomic E-state index is 14.5. The summed E-state index contributed by atoms with van der Waals surface area (Å²) in [6, 6.07) is 0. The number of ether oxygens (including phenoxy) is 7. The highest BCUT2D eigenvalue weighted by molar-refractivity contribution is 5.82. The number of carbonyl (C=O) groups is 1. The van der Waals surface area contributed by atoms with Crippen LogP contribution in [0.25, 0.3) is 0 Å². The van der Waals surface area contributed by atoms with Crippen molar-refractivity contribution in [3.63, 3.8) is 0 Å². The van der Waals surface area contributed by atoms with E-state index in [0.29, 0.717) is 19.3 Å². The molecule has 388 valence electrons.